The molecule has 0 radical (unpaired) electrons. The van der Waals surface area contributed by atoms with Crippen LogP contribution in [0.15, 0.2) is 42.5 Å². The molecule has 2 aromatic carbocycles. The second-order valence-corrected chi connectivity index (χ2v) is 4.35. The smallest absolute Gasteiger partial charge is 0.144 e. The summed E-state index contributed by atoms with van der Waals surface area (Å²) in [5.74, 6) is 0.259. The van der Waals surface area contributed by atoms with Crippen molar-refractivity contribution in [1.29, 1.82) is 5.26 Å². The van der Waals surface area contributed by atoms with Crippen molar-refractivity contribution < 1.29 is 14.2 Å². The number of benzene rings is 2. The van der Waals surface area contributed by atoms with Gasteiger partial charge in [0.05, 0.1) is 11.7 Å². The molecule has 0 saturated heterocycles. The first-order valence-corrected chi connectivity index (χ1v) is 6.29. The Hall–Kier alpha value is -2.38. The SMILES string of the molecule is CCC(O)c1ccc(Oc2ccc(C#N)c(F)c2)cc1. The molecule has 2 rings (SSSR count). The predicted octanol–water partition coefficient (Wildman–Crippen LogP) is 3.93. The summed E-state index contributed by atoms with van der Waals surface area (Å²) in [7, 11) is 0. The van der Waals surface area contributed by atoms with Crippen LogP contribution >= 0.6 is 0 Å². The highest BCUT2D eigenvalue weighted by atomic mass is 19.1. The molecule has 0 amide bonds. The Bertz CT molecular complexity index is 632. The number of ether oxygens (including phenoxy) is 1. The fraction of sp³-hybridized carbons (Fsp3) is 0.188. The number of nitriles is 1. The van der Waals surface area contributed by atoms with Gasteiger partial charge in [-0.25, -0.2) is 4.39 Å². The predicted molar refractivity (Wildman–Crippen MR) is 72.9 cm³/mol. The van der Waals surface area contributed by atoms with E-state index in [0.29, 0.717) is 17.9 Å². The van der Waals surface area contributed by atoms with Crippen molar-refractivity contribution in [2.24, 2.45) is 0 Å². The van der Waals surface area contributed by atoms with E-state index in [0.717, 1.165) is 5.56 Å². The molecule has 1 atom stereocenters. The second kappa shape index (κ2) is 6.18. The van der Waals surface area contributed by atoms with E-state index >= 15 is 0 Å². The molecular weight excluding hydrogens is 257 g/mol. The Kier molecular flexibility index (Phi) is 4.34. The van der Waals surface area contributed by atoms with Crippen LogP contribution in [0.5, 0.6) is 11.5 Å². The topological polar surface area (TPSA) is 53.2 Å². The van der Waals surface area contributed by atoms with Gasteiger partial charge in [0, 0.05) is 6.07 Å². The van der Waals surface area contributed by atoms with E-state index in [2.05, 4.69) is 0 Å². The molecule has 102 valence electrons. The van der Waals surface area contributed by atoms with Crippen LogP contribution in [0, 0.1) is 17.1 Å². The summed E-state index contributed by atoms with van der Waals surface area (Å²) in [6.07, 6.45) is 0.150. The second-order valence-electron chi connectivity index (χ2n) is 4.35. The maximum Gasteiger partial charge on any atom is 0.144 e. The molecule has 0 heterocycles. The van der Waals surface area contributed by atoms with Crippen molar-refractivity contribution in [2.45, 2.75) is 19.4 Å². The van der Waals surface area contributed by atoms with Crippen molar-refractivity contribution in [3.8, 4) is 17.6 Å². The third-order valence-corrected chi connectivity index (χ3v) is 2.95. The zero-order valence-electron chi connectivity index (χ0n) is 11.0. The summed E-state index contributed by atoms with van der Waals surface area (Å²) in [5.41, 5.74) is 0.796. The standard InChI is InChI=1S/C16H14FNO2/c1-2-16(19)11-3-6-13(7-4-11)20-14-8-5-12(10-18)15(17)9-14/h3-9,16,19H,2H2,1H3. The van der Waals surface area contributed by atoms with Gasteiger partial charge in [-0.1, -0.05) is 19.1 Å². The van der Waals surface area contributed by atoms with E-state index in [4.69, 9.17) is 10.00 Å². The summed E-state index contributed by atoms with van der Waals surface area (Å²) in [5, 5.41) is 18.3. The molecule has 3 nitrogen and oxygen atoms in total. The van der Waals surface area contributed by atoms with Crippen LogP contribution < -0.4 is 4.74 Å². The highest BCUT2D eigenvalue weighted by molar-refractivity contribution is 5.39. The minimum Gasteiger partial charge on any atom is -0.457 e. The van der Waals surface area contributed by atoms with Crippen molar-refractivity contribution in [3.63, 3.8) is 0 Å². The number of aliphatic hydroxyl groups is 1. The lowest BCUT2D eigenvalue weighted by atomic mass is 10.1. The quantitative estimate of drug-likeness (QED) is 0.916. The molecule has 0 spiro atoms. The van der Waals surface area contributed by atoms with Crippen LogP contribution in [0.3, 0.4) is 0 Å². The van der Waals surface area contributed by atoms with Gasteiger partial charge in [0.25, 0.3) is 0 Å². The van der Waals surface area contributed by atoms with E-state index in [9.17, 15) is 9.50 Å². The van der Waals surface area contributed by atoms with Gasteiger partial charge in [-0.2, -0.15) is 5.26 Å². The van der Waals surface area contributed by atoms with Crippen LogP contribution in [0.4, 0.5) is 4.39 Å². The lowest BCUT2D eigenvalue weighted by Crippen LogP contribution is -1.94. The third-order valence-electron chi connectivity index (χ3n) is 2.95. The number of rotatable bonds is 4. The lowest BCUT2D eigenvalue weighted by molar-refractivity contribution is 0.173. The largest absolute Gasteiger partial charge is 0.457 e. The molecular formula is C16H14FNO2. The van der Waals surface area contributed by atoms with E-state index in [-0.39, 0.29) is 5.56 Å². The van der Waals surface area contributed by atoms with Gasteiger partial charge in [0.15, 0.2) is 0 Å². The van der Waals surface area contributed by atoms with Crippen molar-refractivity contribution in [3.05, 3.63) is 59.4 Å². The molecule has 0 saturated carbocycles. The highest BCUT2D eigenvalue weighted by Crippen LogP contribution is 2.25. The summed E-state index contributed by atoms with van der Waals surface area (Å²) in [6.45, 7) is 1.90. The lowest BCUT2D eigenvalue weighted by Gasteiger charge is -2.10. The van der Waals surface area contributed by atoms with Crippen molar-refractivity contribution >= 4 is 0 Å². The number of nitrogens with zero attached hydrogens (tertiary/aromatic N) is 1. The van der Waals surface area contributed by atoms with E-state index < -0.39 is 11.9 Å². The fourth-order valence-electron chi connectivity index (χ4n) is 1.78. The zero-order valence-corrected chi connectivity index (χ0v) is 11.0. The number of halogens is 1. The van der Waals surface area contributed by atoms with Crippen molar-refractivity contribution in [1.82, 2.24) is 0 Å². The summed E-state index contributed by atoms with van der Waals surface area (Å²) < 4.78 is 18.9. The first kappa shape index (κ1) is 14.0. The van der Waals surface area contributed by atoms with Gasteiger partial charge in [-0.05, 0) is 36.2 Å². The Morgan fingerprint density at radius 3 is 2.40 bits per heavy atom. The van der Waals surface area contributed by atoms with Crippen LogP contribution in [-0.2, 0) is 0 Å². The monoisotopic (exact) mass is 271 g/mol. The molecule has 1 unspecified atom stereocenters. The van der Waals surface area contributed by atoms with Crippen LogP contribution in [0.2, 0.25) is 0 Å². The maximum atomic E-state index is 13.4. The molecule has 4 heteroatoms. The van der Waals surface area contributed by atoms with E-state index in [1.807, 2.05) is 6.92 Å². The van der Waals surface area contributed by atoms with Crippen LogP contribution in [0.1, 0.15) is 30.6 Å². The summed E-state index contributed by atoms with van der Waals surface area (Å²) >= 11 is 0. The third kappa shape index (κ3) is 3.14. The molecule has 0 aliphatic heterocycles. The number of aliphatic hydroxyl groups excluding tert-OH is 1. The molecule has 0 aliphatic carbocycles. The van der Waals surface area contributed by atoms with Gasteiger partial charge in [-0.15, -0.1) is 0 Å². The minimum absolute atomic E-state index is 0.0150. The average Bonchev–Trinajstić information content (AvgIpc) is 2.47. The normalized spacial score (nSPS) is 11.7. The van der Waals surface area contributed by atoms with Gasteiger partial charge >= 0.3 is 0 Å². The summed E-state index contributed by atoms with van der Waals surface area (Å²) in [4.78, 5) is 0. The first-order valence-electron chi connectivity index (χ1n) is 6.29. The Morgan fingerprint density at radius 2 is 1.85 bits per heavy atom. The molecule has 0 bridgehead atoms. The first-order chi connectivity index (χ1) is 9.63. The fourth-order valence-corrected chi connectivity index (χ4v) is 1.78. The number of hydrogen-bond acceptors (Lipinski definition) is 3. The Morgan fingerprint density at radius 1 is 1.20 bits per heavy atom. The van der Waals surface area contributed by atoms with E-state index in [1.54, 1.807) is 30.3 Å². The zero-order chi connectivity index (χ0) is 14.5. The van der Waals surface area contributed by atoms with Gasteiger partial charge in [0.2, 0.25) is 0 Å². The Labute approximate surface area is 116 Å². The van der Waals surface area contributed by atoms with E-state index in [1.165, 1.54) is 18.2 Å². The van der Waals surface area contributed by atoms with Gasteiger partial charge in [0.1, 0.15) is 23.4 Å². The Balaban J connectivity index is 2.14. The molecule has 0 fully saturated rings. The number of hydrogen-bond donors (Lipinski definition) is 1. The average molecular weight is 271 g/mol. The molecule has 2 aromatic rings. The van der Waals surface area contributed by atoms with Crippen LogP contribution in [-0.4, -0.2) is 5.11 Å². The molecule has 0 aromatic heterocycles. The van der Waals surface area contributed by atoms with Crippen LogP contribution in [0.25, 0.3) is 0 Å². The van der Waals surface area contributed by atoms with Gasteiger partial charge in [-0.3, -0.25) is 0 Å². The molecule has 1 N–H and O–H groups in total. The maximum absolute atomic E-state index is 13.4. The molecule has 20 heavy (non-hydrogen) atoms. The molecule has 0 aliphatic rings. The van der Waals surface area contributed by atoms with Crippen molar-refractivity contribution in [2.75, 3.05) is 0 Å². The minimum atomic E-state index is -0.608. The highest BCUT2D eigenvalue weighted by Gasteiger charge is 2.06. The summed E-state index contributed by atoms with van der Waals surface area (Å²) in [6, 6.07) is 12.8. The van der Waals surface area contributed by atoms with Gasteiger partial charge < -0.3 is 9.84 Å².